The summed E-state index contributed by atoms with van der Waals surface area (Å²) < 4.78 is 2.20. The number of imidazole rings is 1. The molecule has 0 bridgehead atoms. The second kappa shape index (κ2) is 4.13. The zero-order chi connectivity index (χ0) is 8.10. The van der Waals surface area contributed by atoms with Crippen LogP contribution >= 0.6 is 0 Å². The van der Waals surface area contributed by atoms with Crippen LogP contribution in [-0.2, 0) is 13.0 Å². The number of aryl methyl sites for hydroxylation is 2. The molecule has 0 amide bonds. The molecule has 0 saturated heterocycles. The van der Waals surface area contributed by atoms with E-state index in [1.165, 1.54) is 5.82 Å². The Hall–Kier alpha value is -0.830. The van der Waals surface area contributed by atoms with E-state index in [0.29, 0.717) is 0 Å². The molecule has 0 saturated carbocycles. The number of hydrogen-bond donors (Lipinski definition) is 1. The SMILES string of the molecule is CCc1nccn1CCC[NH3+]. The molecular formula is C8H16N3+. The van der Waals surface area contributed by atoms with Crippen molar-refractivity contribution in [1.29, 1.82) is 0 Å². The van der Waals surface area contributed by atoms with E-state index < -0.39 is 0 Å². The second-order valence-corrected chi connectivity index (χ2v) is 2.60. The van der Waals surface area contributed by atoms with Gasteiger partial charge in [0.25, 0.3) is 0 Å². The average molecular weight is 154 g/mol. The Morgan fingerprint density at radius 2 is 2.45 bits per heavy atom. The summed E-state index contributed by atoms with van der Waals surface area (Å²) in [6.45, 7) is 4.19. The highest BCUT2D eigenvalue weighted by molar-refractivity contribution is 4.91. The minimum Gasteiger partial charge on any atom is -0.358 e. The van der Waals surface area contributed by atoms with E-state index in [4.69, 9.17) is 0 Å². The van der Waals surface area contributed by atoms with Crippen LogP contribution in [0, 0.1) is 0 Å². The predicted octanol–water partition coefficient (Wildman–Crippen LogP) is 0.0775. The Morgan fingerprint density at radius 3 is 3.09 bits per heavy atom. The zero-order valence-corrected chi connectivity index (χ0v) is 7.08. The van der Waals surface area contributed by atoms with Crippen molar-refractivity contribution in [2.24, 2.45) is 0 Å². The summed E-state index contributed by atoms with van der Waals surface area (Å²) in [6, 6.07) is 0. The van der Waals surface area contributed by atoms with Gasteiger partial charge in [-0.15, -0.1) is 0 Å². The molecule has 0 fully saturated rings. The number of rotatable bonds is 4. The highest BCUT2D eigenvalue weighted by Gasteiger charge is 1.97. The summed E-state index contributed by atoms with van der Waals surface area (Å²) in [5.74, 6) is 1.18. The van der Waals surface area contributed by atoms with Crippen molar-refractivity contribution in [3.63, 3.8) is 0 Å². The third-order valence-corrected chi connectivity index (χ3v) is 1.77. The van der Waals surface area contributed by atoms with E-state index >= 15 is 0 Å². The van der Waals surface area contributed by atoms with E-state index in [0.717, 1.165) is 25.9 Å². The van der Waals surface area contributed by atoms with Crippen molar-refractivity contribution >= 4 is 0 Å². The molecule has 0 aromatic carbocycles. The lowest BCUT2D eigenvalue weighted by Crippen LogP contribution is -2.50. The third-order valence-electron chi connectivity index (χ3n) is 1.77. The summed E-state index contributed by atoms with van der Waals surface area (Å²) in [5.41, 5.74) is 3.81. The first kappa shape index (κ1) is 8.27. The molecule has 0 aliphatic rings. The molecule has 0 atom stereocenters. The van der Waals surface area contributed by atoms with Crippen molar-refractivity contribution < 1.29 is 5.73 Å². The molecule has 62 valence electrons. The number of aromatic nitrogens is 2. The van der Waals surface area contributed by atoms with Crippen molar-refractivity contribution in [2.75, 3.05) is 6.54 Å². The monoisotopic (exact) mass is 154 g/mol. The largest absolute Gasteiger partial charge is 0.358 e. The van der Waals surface area contributed by atoms with Crippen LogP contribution < -0.4 is 5.73 Å². The van der Waals surface area contributed by atoms with Crippen molar-refractivity contribution in [1.82, 2.24) is 9.55 Å². The summed E-state index contributed by atoms with van der Waals surface area (Å²) >= 11 is 0. The van der Waals surface area contributed by atoms with Gasteiger partial charge < -0.3 is 10.3 Å². The molecular weight excluding hydrogens is 138 g/mol. The van der Waals surface area contributed by atoms with Gasteiger partial charge >= 0.3 is 0 Å². The lowest BCUT2D eigenvalue weighted by molar-refractivity contribution is -0.368. The summed E-state index contributed by atoms with van der Waals surface area (Å²) in [4.78, 5) is 4.23. The van der Waals surface area contributed by atoms with E-state index in [2.05, 4.69) is 22.2 Å². The van der Waals surface area contributed by atoms with Crippen LogP contribution in [0.2, 0.25) is 0 Å². The Morgan fingerprint density at radius 1 is 1.64 bits per heavy atom. The Labute approximate surface area is 67.2 Å². The fourth-order valence-electron chi connectivity index (χ4n) is 1.14. The fourth-order valence-corrected chi connectivity index (χ4v) is 1.14. The Kier molecular flexibility index (Phi) is 3.11. The van der Waals surface area contributed by atoms with Gasteiger partial charge in [0.05, 0.1) is 6.54 Å². The molecule has 3 nitrogen and oxygen atoms in total. The fraction of sp³-hybridized carbons (Fsp3) is 0.625. The average Bonchev–Trinajstić information content (AvgIpc) is 2.47. The smallest absolute Gasteiger partial charge is 0.108 e. The third kappa shape index (κ3) is 2.05. The minimum absolute atomic E-state index is 1.00. The van der Waals surface area contributed by atoms with Gasteiger partial charge in [-0.1, -0.05) is 6.92 Å². The van der Waals surface area contributed by atoms with Gasteiger partial charge in [-0.3, -0.25) is 0 Å². The molecule has 0 aliphatic heterocycles. The van der Waals surface area contributed by atoms with E-state index in [9.17, 15) is 0 Å². The lowest BCUT2D eigenvalue weighted by Gasteiger charge is -2.02. The first-order valence-corrected chi connectivity index (χ1v) is 4.17. The lowest BCUT2D eigenvalue weighted by atomic mass is 10.4. The highest BCUT2D eigenvalue weighted by atomic mass is 15.1. The van der Waals surface area contributed by atoms with Crippen LogP contribution in [0.15, 0.2) is 12.4 Å². The molecule has 3 N–H and O–H groups in total. The van der Waals surface area contributed by atoms with Gasteiger partial charge in [-0.05, 0) is 0 Å². The normalized spacial score (nSPS) is 10.4. The van der Waals surface area contributed by atoms with Crippen molar-refractivity contribution in [3.05, 3.63) is 18.2 Å². The van der Waals surface area contributed by atoms with Crippen molar-refractivity contribution in [3.8, 4) is 0 Å². The van der Waals surface area contributed by atoms with Crippen LogP contribution in [0.25, 0.3) is 0 Å². The van der Waals surface area contributed by atoms with E-state index in [1.807, 2.05) is 12.4 Å². The molecule has 1 aromatic rings. The highest BCUT2D eigenvalue weighted by Crippen LogP contribution is 1.98. The molecule has 3 heteroatoms. The topological polar surface area (TPSA) is 45.5 Å². The minimum atomic E-state index is 1.00. The molecule has 1 heterocycles. The van der Waals surface area contributed by atoms with Gasteiger partial charge in [0.1, 0.15) is 5.82 Å². The quantitative estimate of drug-likeness (QED) is 0.655. The summed E-state index contributed by atoms with van der Waals surface area (Å²) in [6.07, 6.45) is 6.06. The van der Waals surface area contributed by atoms with E-state index in [1.54, 1.807) is 0 Å². The van der Waals surface area contributed by atoms with Gasteiger partial charge in [-0.2, -0.15) is 0 Å². The van der Waals surface area contributed by atoms with Crippen LogP contribution in [-0.4, -0.2) is 16.1 Å². The van der Waals surface area contributed by atoms with E-state index in [-0.39, 0.29) is 0 Å². The van der Waals surface area contributed by atoms with Crippen molar-refractivity contribution in [2.45, 2.75) is 26.3 Å². The molecule has 11 heavy (non-hydrogen) atoms. The number of nitrogens with zero attached hydrogens (tertiary/aromatic N) is 2. The van der Waals surface area contributed by atoms with Crippen LogP contribution in [0.4, 0.5) is 0 Å². The molecule has 0 unspecified atom stereocenters. The van der Waals surface area contributed by atoms with Gasteiger partial charge in [0.15, 0.2) is 0 Å². The summed E-state index contributed by atoms with van der Waals surface area (Å²) in [5, 5.41) is 0. The maximum atomic E-state index is 4.23. The first-order chi connectivity index (χ1) is 5.38. The van der Waals surface area contributed by atoms with Crippen LogP contribution in [0.5, 0.6) is 0 Å². The number of hydrogen-bond acceptors (Lipinski definition) is 1. The standard InChI is InChI=1S/C8H15N3/c1-2-8-10-5-7-11(8)6-3-4-9/h5,7H,2-4,6,9H2,1H3/p+1. The zero-order valence-electron chi connectivity index (χ0n) is 7.08. The van der Waals surface area contributed by atoms with Gasteiger partial charge in [-0.25, -0.2) is 4.98 Å². The maximum Gasteiger partial charge on any atom is 0.108 e. The molecule has 0 spiro atoms. The molecule has 1 rings (SSSR count). The summed E-state index contributed by atoms with van der Waals surface area (Å²) in [7, 11) is 0. The van der Waals surface area contributed by atoms with Gasteiger partial charge in [0, 0.05) is 31.8 Å². The van der Waals surface area contributed by atoms with Gasteiger partial charge in [0.2, 0.25) is 0 Å². The second-order valence-electron chi connectivity index (χ2n) is 2.60. The Balaban J connectivity index is 2.54. The van der Waals surface area contributed by atoms with Crippen LogP contribution in [0.3, 0.4) is 0 Å². The van der Waals surface area contributed by atoms with Crippen LogP contribution in [0.1, 0.15) is 19.2 Å². The predicted molar refractivity (Wildman–Crippen MR) is 44.0 cm³/mol. The number of quaternary nitrogens is 1. The maximum absolute atomic E-state index is 4.23. The Bertz CT molecular complexity index is 205. The molecule has 0 radical (unpaired) electrons. The molecule has 1 aromatic heterocycles. The first-order valence-electron chi connectivity index (χ1n) is 4.17. The molecule has 0 aliphatic carbocycles.